The van der Waals surface area contributed by atoms with Crippen molar-refractivity contribution in [3.05, 3.63) is 77.1 Å². The summed E-state index contributed by atoms with van der Waals surface area (Å²) in [6, 6.07) is 0. The zero-order valence-corrected chi connectivity index (χ0v) is 18.6. The predicted octanol–water partition coefficient (Wildman–Crippen LogP) is 9.20. The van der Waals surface area contributed by atoms with Crippen molar-refractivity contribution in [2.75, 3.05) is 0 Å². The number of unbranched alkanes of at least 4 members (excludes halogenated alkanes) is 4. The van der Waals surface area contributed by atoms with E-state index < -0.39 is 0 Å². The Balaban J connectivity index is 5.64. The van der Waals surface area contributed by atoms with Crippen molar-refractivity contribution in [1.29, 1.82) is 0 Å². The van der Waals surface area contributed by atoms with Gasteiger partial charge in [-0.1, -0.05) is 89.0 Å². The zero-order chi connectivity index (χ0) is 20.2. The summed E-state index contributed by atoms with van der Waals surface area (Å²) in [5, 5.41) is 0. The van der Waals surface area contributed by atoms with Crippen molar-refractivity contribution in [1.82, 2.24) is 0 Å². The van der Waals surface area contributed by atoms with Crippen molar-refractivity contribution in [2.45, 2.75) is 92.4 Å². The van der Waals surface area contributed by atoms with E-state index in [0.717, 1.165) is 31.3 Å². The van der Waals surface area contributed by atoms with E-state index in [1.54, 1.807) is 0 Å². The summed E-state index contributed by atoms with van der Waals surface area (Å²) in [6.07, 6.45) is 30.7. The molecule has 0 aliphatic heterocycles. The standard InChI is InChI=1S/C27H42/c1-6-11-15-17-21-27(23-22-25(10-5)18-13-8-3)24-26(19-14-9-4)20-16-12-7-2/h10,14,16-17,19-20,22-24H,6-9,11-13,15,18H2,1-5H3. The van der Waals surface area contributed by atoms with Gasteiger partial charge in [0.1, 0.15) is 0 Å². The van der Waals surface area contributed by atoms with Gasteiger partial charge >= 0.3 is 0 Å². The molecule has 27 heavy (non-hydrogen) atoms. The molecule has 0 N–H and O–H groups in total. The Bertz CT molecular complexity index is 569. The van der Waals surface area contributed by atoms with E-state index in [9.17, 15) is 0 Å². The highest BCUT2D eigenvalue weighted by molar-refractivity contribution is 5.43. The lowest BCUT2D eigenvalue weighted by molar-refractivity contribution is 0.797. The third-order valence-corrected chi connectivity index (χ3v) is 4.27. The molecule has 0 bridgehead atoms. The quantitative estimate of drug-likeness (QED) is 0.163. The molecule has 0 heterocycles. The smallest absolute Gasteiger partial charge is 0.0167 e. The van der Waals surface area contributed by atoms with Crippen LogP contribution in [0.1, 0.15) is 92.4 Å². The van der Waals surface area contributed by atoms with Gasteiger partial charge < -0.3 is 0 Å². The summed E-state index contributed by atoms with van der Waals surface area (Å²) >= 11 is 0. The van der Waals surface area contributed by atoms with Crippen molar-refractivity contribution >= 4 is 0 Å². The predicted molar refractivity (Wildman–Crippen MR) is 125 cm³/mol. The summed E-state index contributed by atoms with van der Waals surface area (Å²) in [4.78, 5) is 0. The minimum atomic E-state index is 1.06. The molecule has 0 spiro atoms. The molecule has 0 aromatic carbocycles. The van der Waals surface area contributed by atoms with Crippen LogP contribution in [0, 0.1) is 0 Å². The minimum absolute atomic E-state index is 1.06. The third kappa shape index (κ3) is 15.0. The van der Waals surface area contributed by atoms with E-state index in [-0.39, 0.29) is 0 Å². The molecule has 0 rings (SSSR count). The molecule has 0 radical (unpaired) electrons. The minimum Gasteiger partial charge on any atom is -0.117 e. The van der Waals surface area contributed by atoms with Gasteiger partial charge in [0.25, 0.3) is 0 Å². The highest BCUT2D eigenvalue weighted by Gasteiger charge is 1.94. The second-order valence-electron chi connectivity index (χ2n) is 6.89. The number of allylic oxidation sites excluding steroid dienone is 11. The lowest BCUT2D eigenvalue weighted by Gasteiger charge is -2.01. The molecule has 0 unspecified atom stereocenters. The summed E-state index contributed by atoms with van der Waals surface area (Å²) in [7, 11) is 0. The van der Waals surface area contributed by atoms with Gasteiger partial charge in [-0.05, 0) is 69.2 Å². The maximum Gasteiger partial charge on any atom is 0.0167 e. The van der Waals surface area contributed by atoms with Crippen molar-refractivity contribution < 1.29 is 0 Å². The van der Waals surface area contributed by atoms with E-state index >= 15 is 0 Å². The molecule has 0 saturated heterocycles. The molecule has 0 saturated carbocycles. The Morgan fingerprint density at radius 2 is 1.52 bits per heavy atom. The van der Waals surface area contributed by atoms with Gasteiger partial charge in [-0.25, -0.2) is 0 Å². The zero-order valence-electron chi connectivity index (χ0n) is 18.6. The van der Waals surface area contributed by atoms with E-state index in [4.69, 9.17) is 0 Å². The molecule has 0 aliphatic rings. The average molecular weight is 367 g/mol. The first kappa shape index (κ1) is 25.2. The number of rotatable bonds is 14. The van der Waals surface area contributed by atoms with Gasteiger partial charge in [0.15, 0.2) is 0 Å². The molecule has 0 amide bonds. The highest BCUT2D eigenvalue weighted by atomic mass is 14.0. The first-order valence-electron chi connectivity index (χ1n) is 11.0. The monoisotopic (exact) mass is 366 g/mol. The Labute approximate surface area is 169 Å². The molecule has 0 nitrogen and oxygen atoms in total. The molecule has 0 heteroatoms. The first-order valence-corrected chi connectivity index (χ1v) is 11.0. The molecule has 0 aliphatic carbocycles. The molecule has 0 atom stereocenters. The fourth-order valence-corrected chi connectivity index (χ4v) is 2.51. The van der Waals surface area contributed by atoms with Crippen LogP contribution in [0.2, 0.25) is 0 Å². The average Bonchev–Trinajstić information content (AvgIpc) is 2.69. The molecule has 0 fully saturated rings. The Kier molecular flexibility index (Phi) is 17.7. The van der Waals surface area contributed by atoms with Crippen LogP contribution >= 0.6 is 0 Å². The Morgan fingerprint density at radius 1 is 0.778 bits per heavy atom. The van der Waals surface area contributed by atoms with Crippen LogP contribution in [0.4, 0.5) is 0 Å². The summed E-state index contributed by atoms with van der Waals surface area (Å²) in [6.45, 7) is 11.0. The van der Waals surface area contributed by atoms with Gasteiger partial charge in [-0.15, -0.1) is 5.73 Å². The fourth-order valence-electron chi connectivity index (χ4n) is 2.51. The van der Waals surface area contributed by atoms with Crippen LogP contribution < -0.4 is 0 Å². The summed E-state index contributed by atoms with van der Waals surface area (Å²) in [5.41, 5.74) is 7.33. The first-order chi connectivity index (χ1) is 13.2. The molecule has 0 aromatic heterocycles. The molecule has 0 aromatic rings. The fraction of sp³-hybridized carbons (Fsp3) is 0.519. The molecule has 150 valence electrons. The second kappa shape index (κ2) is 19.0. The van der Waals surface area contributed by atoms with Gasteiger partial charge in [0.05, 0.1) is 0 Å². The van der Waals surface area contributed by atoms with Crippen LogP contribution in [-0.4, -0.2) is 0 Å². The summed E-state index contributed by atoms with van der Waals surface area (Å²) in [5.74, 6) is 0. The number of hydrogen-bond donors (Lipinski definition) is 0. The van der Waals surface area contributed by atoms with Crippen LogP contribution in [0.15, 0.2) is 77.1 Å². The maximum atomic E-state index is 3.52. The molecular weight excluding hydrogens is 324 g/mol. The van der Waals surface area contributed by atoms with Gasteiger partial charge in [0.2, 0.25) is 0 Å². The largest absolute Gasteiger partial charge is 0.117 e. The Morgan fingerprint density at radius 3 is 2.15 bits per heavy atom. The van der Waals surface area contributed by atoms with Gasteiger partial charge in [0, 0.05) is 5.57 Å². The van der Waals surface area contributed by atoms with Crippen LogP contribution in [0.3, 0.4) is 0 Å². The van der Waals surface area contributed by atoms with Gasteiger partial charge in [-0.2, -0.15) is 0 Å². The van der Waals surface area contributed by atoms with Crippen molar-refractivity contribution in [3.63, 3.8) is 0 Å². The van der Waals surface area contributed by atoms with Crippen LogP contribution in [0.25, 0.3) is 0 Å². The van der Waals surface area contributed by atoms with Crippen molar-refractivity contribution in [2.24, 2.45) is 0 Å². The van der Waals surface area contributed by atoms with E-state index in [1.807, 2.05) is 0 Å². The third-order valence-electron chi connectivity index (χ3n) is 4.27. The van der Waals surface area contributed by atoms with E-state index in [1.165, 1.54) is 43.3 Å². The number of hydrogen-bond acceptors (Lipinski definition) is 0. The van der Waals surface area contributed by atoms with Crippen LogP contribution in [0.5, 0.6) is 0 Å². The van der Waals surface area contributed by atoms with Gasteiger partial charge in [-0.3, -0.25) is 0 Å². The lowest BCUT2D eigenvalue weighted by Crippen LogP contribution is -1.81. The summed E-state index contributed by atoms with van der Waals surface area (Å²) < 4.78 is 0. The normalized spacial score (nSPS) is 13.1. The highest BCUT2D eigenvalue weighted by Crippen LogP contribution is 2.13. The second-order valence-corrected chi connectivity index (χ2v) is 6.89. The van der Waals surface area contributed by atoms with Crippen LogP contribution in [-0.2, 0) is 0 Å². The van der Waals surface area contributed by atoms with E-state index in [0.29, 0.717) is 0 Å². The van der Waals surface area contributed by atoms with E-state index in [2.05, 4.69) is 95.0 Å². The SMILES string of the molecule is CC=C(C=CC(=C=CCCCC)C=C(C=CCC)C=CCCC)CCCC. The maximum absolute atomic E-state index is 3.52. The lowest BCUT2D eigenvalue weighted by atomic mass is 10.0. The van der Waals surface area contributed by atoms with Crippen molar-refractivity contribution in [3.8, 4) is 0 Å². The topological polar surface area (TPSA) is 0 Å². The Hall–Kier alpha value is -1.78. The molecular formula is C27H42.